The van der Waals surface area contributed by atoms with Crippen molar-refractivity contribution in [2.24, 2.45) is 0 Å². The summed E-state index contributed by atoms with van der Waals surface area (Å²) in [5, 5.41) is 0.766. The number of carbonyl (C=O) groups is 1. The van der Waals surface area contributed by atoms with Crippen LogP contribution in [0.15, 0.2) is 70.5 Å². The second-order valence-corrected chi connectivity index (χ2v) is 11.7. The molecule has 2 atom stereocenters. The second-order valence-electron chi connectivity index (χ2n) is 7.21. The molecule has 2 aromatic carbocycles. The highest BCUT2D eigenvalue weighted by Gasteiger charge is 2.40. The summed E-state index contributed by atoms with van der Waals surface area (Å²) in [4.78, 5) is 11.8. The average Bonchev–Trinajstić information content (AvgIpc) is 3.16. The van der Waals surface area contributed by atoms with E-state index < -0.39 is 38.1 Å². The van der Waals surface area contributed by atoms with Crippen LogP contribution in [0, 0.1) is 0 Å². The number of benzene rings is 2. The molecule has 0 amide bonds. The fourth-order valence-electron chi connectivity index (χ4n) is 3.40. The lowest BCUT2D eigenvalue weighted by Gasteiger charge is -2.21. The topological polar surface area (TPSA) is 110 Å². The van der Waals surface area contributed by atoms with E-state index in [0.29, 0.717) is 10.0 Å². The molecule has 178 valence electrons. The molecular weight excluding hydrogens is 511 g/mol. The van der Waals surface area contributed by atoms with Crippen LogP contribution in [0.4, 0.5) is 0 Å². The molecule has 0 aromatic heterocycles. The second kappa shape index (κ2) is 10.5. The van der Waals surface area contributed by atoms with Gasteiger partial charge < -0.3 is 4.74 Å². The van der Waals surface area contributed by atoms with E-state index in [4.69, 9.17) is 27.9 Å². The molecule has 0 saturated carbocycles. The van der Waals surface area contributed by atoms with Crippen LogP contribution in [0.2, 0.25) is 10.0 Å². The fourth-order valence-corrected chi connectivity index (χ4v) is 6.53. The summed E-state index contributed by atoms with van der Waals surface area (Å²) in [5.74, 6) is -0.619. The Morgan fingerprint density at radius 1 is 1.03 bits per heavy atom. The van der Waals surface area contributed by atoms with Crippen molar-refractivity contribution in [3.63, 3.8) is 0 Å². The number of carbonyl (C=O) groups excluding carboxylic acids is 1. The Morgan fingerprint density at radius 2 is 1.58 bits per heavy atom. The molecule has 1 aliphatic heterocycles. The lowest BCUT2D eigenvalue weighted by atomic mass is 10.2. The van der Waals surface area contributed by atoms with Gasteiger partial charge in [-0.05, 0) is 61.9 Å². The van der Waals surface area contributed by atoms with E-state index in [1.165, 1.54) is 54.6 Å². The van der Waals surface area contributed by atoms with Crippen LogP contribution in [0.1, 0.15) is 13.3 Å². The first-order valence-corrected chi connectivity index (χ1v) is 13.6. The highest BCUT2D eigenvalue weighted by atomic mass is 35.5. The van der Waals surface area contributed by atoms with Crippen LogP contribution in [0.3, 0.4) is 0 Å². The fraction of sp³-hybridized carbons (Fsp3) is 0.286. The summed E-state index contributed by atoms with van der Waals surface area (Å²) < 4.78 is 60.7. The van der Waals surface area contributed by atoms with E-state index in [-0.39, 0.29) is 29.4 Å². The number of halogens is 2. The third kappa shape index (κ3) is 6.34. The first kappa shape index (κ1) is 25.7. The van der Waals surface area contributed by atoms with Gasteiger partial charge in [0.2, 0.25) is 20.0 Å². The quantitative estimate of drug-likeness (QED) is 0.412. The van der Waals surface area contributed by atoms with Crippen molar-refractivity contribution >= 4 is 49.2 Å². The van der Waals surface area contributed by atoms with Gasteiger partial charge in [0.25, 0.3) is 0 Å². The van der Waals surface area contributed by atoms with Crippen LogP contribution < -0.4 is 4.72 Å². The maximum absolute atomic E-state index is 13.3. The smallest absolute Gasteiger partial charge is 0.330 e. The van der Waals surface area contributed by atoms with Gasteiger partial charge in [-0.3, -0.25) is 0 Å². The average molecular weight is 533 g/mol. The third-order valence-electron chi connectivity index (χ3n) is 4.90. The van der Waals surface area contributed by atoms with Crippen molar-refractivity contribution in [2.45, 2.75) is 35.2 Å². The van der Waals surface area contributed by atoms with Crippen LogP contribution in [0.5, 0.6) is 0 Å². The zero-order chi connectivity index (χ0) is 24.2. The first-order valence-electron chi connectivity index (χ1n) is 9.93. The number of hydrogen-bond acceptors (Lipinski definition) is 6. The van der Waals surface area contributed by atoms with Crippen LogP contribution in [0.25, 0.3) is 0 Å². The van der Waals surface area contributed by atoms with Gasteiger partial charge in [0.1, 0.15) is 0 Å². The van der Waals surface area contributed by atoms with Gasteiger partial charge in [0.15, 0.2) is 0 Å². The predicted octanol–water partition coefficient (Wildman–Crippen LogP) is 3.22. The third-order valence-corrected chi connectivity index (χ3v) is 8.85. The number of esters is 1. The van der Waals surface area contributed by atoms with Gasteiger partial charge in [0.05, 0.1) is 16.4 Å². The first-order chi connectivity index (χ1) is 15.5. The van der Waals surface area contributed by atoms with Crippen molar-refractivity contribution < 1.29 is 26.4 Å². The SMILES string of the molecule is CCOC(=O)C=C[C@@H]1C[C@@H](NS(=O)(=O)c2ccc(Cl)cc2)CN1S(=O)(=O)c1ccc(Cl)cc1. The largest absolute Gasteiger partial charge is 0.463 e. The van der Waals surface area contributed by atoms with Crippen LogP contribution in [-0.2, 0) is 29.6 Å². The highest BCUT2D eigenvalue weighted by molar-refractivity contribution is 7.89. The minimum absolute atomic E-state index is 0.00245. The Balaban J connectivity index is 1.88. The van der Waals surface area contributed by atoms with Crippen molar-refractivity contribution in [3.05, 3.63) is 70.7 Å². The molecule has 0 radical (unpaired) electrons. The van der Waals surface area contributed by atoms with Crippen molar-refractivity contribution in [1.29, 1.82) is 0 Å². The monoisotopic (exact) mass is 532 g/mol. The Bertz CT molecular complexity index is 1230. The Morgan fingerprint density at radius 3 is 2.12 bits per heavy atom. The number of nitrogens with zero attached hydrogens (tertiary/aromatic N) is 1. The molecule has 33 heavy (non-hydrogen) atoms. The molecule has 1 heterocycles. The lowest BCUT2D eigenvalue weighted by molar-refractivity contribution is -0.137. The molecule has 0 bridgehead atoms. The zero-order valence-corrected chi connectivity index (χ0v) is 20.7. The number of rotatable bonds is 8. The molecule has 1 N–H and O–H groups in total. The number of hydrogen-bond donors (Lipinski definition) is 1. The van der Waals surface area contributed by atoms with Crippen LogP contribution >= 0.6 is 23.2 Å². The molecule has 12 heteroatoms. The number of ether oxygens (including phenoxy) is 1. The summed E-state index contributed by atoms with van der Waals surface area (Å²) >= 11 is 11.7. The van der Waals surface area contributed by atoms with Gasteiger partial charge in [-0.1, -0.05) is 29.3 Å². The Hall–Kier alpha value is -1.95. The minimum atomic E-state index is -4.00. The molecule has 8 nitrogen and oxygen atoms in total. The van der Waals surface area contributed by atoms with Gasteiger partial charge in [-0.15, -0.1) is 0 Å². The van der Waals surface area contributed by atoms with E-state index in [1.807, 2.05) is 0 Å². The minimum Gasteiger partial charge on any atom is -0.463 e. The molecule has 3 rings (SSSR count). The number of nitrogens with one attached hydrogen (secondary N) is 1. The summed E-state index contributed by atoms with van der Waals surface area (Å²) in [5.41, 5.74) is 0. The Labute approximate surface area is 203 Å². The maximum Gasteiger partial charge on any atom is 0.330 e. The van der Waals surface area contributed by atoms with Gasteiger partial charge in [0, 0.05) is 34.7 Å². The standard InChI is InChI=1S/C21H22Cl2N2O6S2/c1-2-31-21(26)12-7-18-13-17(24-32(27,28)19-8-3-15(22)4-9-19)14-25(18)33(29,30)20-10-5-16(23)6-11-20/h3-12,17-18,24H,2,13-14H2,1H3/t17-,18-/m1/s1. The molecular formula is C21H22Cl2N2O6S2. The van der Waals surface area contributed by atoms with E-state index in [9.17, 15) is 21.6 Å². The molecule has 2 aromatic rings. The van der Waals surface area contributed by atoms with E-state index in [1.54, 1.807) is 6.92 Å². The molecule has 1 saturated heterocycles. The molecule has 0 unspecified atom stereocenters. The van der Waals surface area contributed by atoms with E-state index >= 15 is 0 Å². The molecule has 1 aliphatic rings. The molecule has 1 fully saturated rings. The van der Waals surface area contributed by atoms with E-state index in [0.717, 1.165) is 10.4 Å². The van der Waals surface area contributed by atoms with Gasteiger partial charge in [-0.2, -0.15) is 4.31 Å². The predicted molar refractivity (Wildman–Crippen MR) is 125 cm³/mol. The number of sulfonamides is 2. The Kier molecular flexibility index (Phi) is 8.20. The molecule has 0 aliphatic carbocycles. The van der Waals surface area contributed by atoms with E-state index in [2.05, 4.69) is 4.72 Å². The summed E-state index contributed by atoms with van der Waals surface area (Å²) in [6, 6.07) is 9.77. The van der Waals surface area contributed by atoms with Crippen LogP contribution in [-0.4, -0.2) is 52.3 Å². The van der Waals surface area contributed by atoms with Crippen molar-refractivity contribution in [2.75, 3.05) is 13.2 Å². The summed E-state index contributed by atoms with van der Waals surface area (Å²) in [6.07, 6.45) is 2.67. The van der Waals surface area contributed by atoms with Crippen molar-refractivity contribution in [3.8, 4) is 0 Å². The highest BCUT2D eigenvalue weighted by Crippen LogP contribution is 2.29. The van der Waals surface area contributed by atoms with Crippen molar-refractivity contribution in [1.82, 2.24) is 9.03 Å². The lowest BCUT2D eigenvalue weighted by Crippen LogP contribution is -2.39. The summed E-state index contributed by atoms with van der Waals surface area (Å²) in [6.45, 7) is 1.69. The van der Waals surface area contributed by atoms with Gasteiger partial charge >= 0.3 is 5.97 Å². The maximum atomic E-state index is 13.3. The van der Waals surface area contributed by atoms with Gasteiger partial charge in [-0.25, -0.2) is 26.4 Å². The zero-order valence-electron chi connectivity index (χ0n) is 17.5. The molecule has 0 spiro atoms. The summed E-state index contributed by atoms with van der Waals surface area (Å²) in [7, 11) is -7.93. The normalized spacial score (nSPS) is 19.7.